The van der Waals surface area contributed by atoms with Gasteiger partial charge in [0.2, 0.25) is 0 Å². The number of aromatic nitrogens is 2. The minimum absolute atomic E-state index is 0.00354. The normalized spacial score (nSPS) is 11.2. The molecule has 0 aliphatic heterocycles. The number of rotatable bonds is 5. The Hall–Kier alpha value is -3.86. The second kappa shape index (κ2) is 7.40. The van der Waals surface area contributed by atoms with E-state index in [-0.39, 0.29) is 17.3 Å². The molecule has 2 heterocycles. The van der Waals surface area contributed by atoms with Crippen molar-refractivity contribution in [2.45, 2.75) is 0 Å². The summed E-state index contributed by atoms with van der Waals surface area (Å²) in [5.41, 5.74) is 3.84. The van der Waals surface area contributed by atoms with E-state index in [1.165, 1.54) is 25.3 Å². The lowest BCUT2D eigenvalue weighted by atomic mass is 10.1. The lowest BCUT2D eigenvalue weighted by Crippen LogP contribution is -1.96. The number of benzene rings is 2. The first-order chi connectivity index (χ1) is 13.7. The van der Waals surface area contributed by atoms with Crippen molar-refractivity contribution in [2.24, 2.45) is 0 Å². The molecule has 0 radical (unpaired) electrons. The third-order valence-electron chi connectivity index (χ3n) is 4.47. The zero-order valence-electron chi connectivity index (χ0n) is 15.2. The molecule has 138 valence electrons. The number of nitrogens with zero attached hydrogens (tertiary/aromatic N) is 2. The molecular weight excluding hydrogens is 352 g/mol. The van der Waals surface area contributed by atoms with E-state index in [1.807, 2.05) is 59.1 Å². The van der Waals surface area contributed by atoms with Crippen molar-refractivity contribution >= 4 is 17.5 Å². The molecular formula is C23H18N2O3. The molecule has 5 nitrogen and oxygen atoms in total. The molecule has 0 bridgehead atoms. The van der Waals surface area contributed by atoms with Gasteiger partial charge in [-0.1, -0.05) is 36.4 Å². The molecule has 0 amide bonds. The number of methoxy groups -OCH3 is 1. The van der Waals surface area contributed by atoms with E-state index in [9.17, 15) is 9.90 Å². The van der Waals surface area contributed by atoms with Crippen LogP contribution in [0.4, 0.5) is 0 Å². The fourth-order valence-corrected chi connectivity index (χ4v) is 3.06. The Morgan fingerprint density at radius 2 is 1.86 bits per heavy atom. The van der Waals surface area contributed by atoms with Crippen LogP contribution in [0.25, 0.3) is 23.0 Å². The van der Waals surface area contributed by atoms with Crippen LogP contribution in [0.15, 0.2) is 79.0 Å². The Bertz CT molecular complexity index is 1180. The molecule has 0 atom stereocenters. The van der Waals surface area contributed by atoms with E-state index in [2.05, 4.69) is 0 Å². The van der Waals surface area contributed by atoms with E-state index in [0.29, 0.717) is 5.56 Å². The van der Waals surface area contributed by atoms with E-state index in [1.54, 1.807) is 12.1 Å². The van der Waals surface area contributed by atoms with Gasteiger partial charge in [0.1, 0.15) is 5.65 Å². The summed E-state index contributed by atoms with van der Waals surface area (Å²) in [6, 6.07) is 20.2. The summed E-state index contributed by atoms with van der Waals surface area (Å²) in [5, 5.41) is 9.71. The van der Waals surface area contributed by atoms with E-state index in [0.717, 1.165) is 22.6 Å². The van der Waals surface area contributed by atoms with Crippen LogP contribution in [0.2, 0.25) is 0 Å². The predicted molar refractivity (Wildman–Crippen MR) is 109 cm³/mol. The smallest absolute Gasteiger partial charge is 0.186 e. The molecule has 2 aromatic heterocycles. The van der Waals surface area contributed by atoms with Crippen molar-refractivity contribution in [3.05, 3.63) is 90.3 Å². The van der Waals surface area contributed by atoms with Gasteiger partial charge in [0.25, 0.3) is 0 Å². The van der Waals surface area contributed by atoms with Gasteiger partial charge in [-0.25, -0.2) is 4.98 Å². The Labute approximate surface area is 162 Å². The number of ether oxygens (including phenoxy) is 1. The molecule has 0 fully saturated rings. The highest BCUT2D eigenvalue weighted by Gasteiger charge is 2.13. The number of aromatic hydroxyl groups is 1. The first-order valence-electron chi connectivity index (χ1n) is 8.79. The average Bonchev–Trinajstić information content (AvgIpc) is 3.11. The Morgan fingerprint density at radius 1 is 1.07 bits per heavy atom. The first-order valence-corrected chi connectivity index (χ1v) is 8.79. The second-order valence-corrected chi connectivity index (χ2v) is 6.22. The van der Waals surface area contributed by atoms with Crippen molar-refractivity contribution in [2.75, 3.05) is 7.11 Å². The van der Waals surface area contributed by atoms with Crippen molar-refractivity contribution in [3.8, 4) is 22.8 Å². The molecule has 2 aromatic carbocycles. The van der Waals surface area contributed by atoms with Gasteiger partial charge in [0.15, 0.2) is 17.3 Å². The van der Waals surface area contributed by atoms with Crippen molar-refractivity contribution in [3.63, 3.8) is 0 Å². The second-order valence-electron chi connectivity index (χ2n) is 6.22. The number of hydrogen-bond donors (Lipinski definition) is 1. The number of ketones is 1. The molecule has 4 aromatic rings. The number of allylic oxidation sites excluding steroid dienone is 1. The fraction of sp³-hybridized carbons (Fsp3) is 0.0435. The van der Waals surface area contributed by atoms with E-state index >= 15 is 0 Å². The highest BCUT2D eigenvalue weighted by Crippen LogP contribution is 2.28. The van der Waals surface area contributed by atoms with Crippen LogP contribution < -0.4 is 4.74 Å². The quantitative estimate of drug-likeness (QED) is 0.412. The van der Waals surface area contributed by atoms with Gasteiger partial charge >= 0.3 is 0 Å². The molecule has 28 heavy (non-hydrogen) atoms. The van der Waals surface area contributed by atoms with Crippen LogP contribution in [0.1, 0.15) is 16.1 Å². The molecule has 0 spiro atoms. The van der Waals surface area contributed by atoms with Crippen LogP contribution in [0.3, 0.4) is 0 Å². The zero-order chi connectivity index (χ0) is 19.5. The van der Waals surface area contributed by atoms with E-state index in [4.69, 9.17) is 9.72 Å². The summed E-state index contributed by atoms with van der Waals surface area (Å²) in [6.07, 6.45) is 5.20. The highest BCUT2D eigenvalue weighted by molar-refractivity contribution is 6.07. The van der Waals surface area contributed by atoms with Gasteiger partial charge in [0, 0.05) is 17.3 Å². The molecule has 0 saturated heterocycles. The number of pyridine rings is 1. The van der Waals surface area contributed by atoms with E-state index < -0.39 is 0 Å². The highest BCUT2D eigenvalue weighted by atomic mass is 16.5. The van der Waals surface area contributed by atoms with Crippen LogP contribution >= 0.6 is 0 Å². The molecule has 0 aliphatic carbocycles. The third kappa shape index (κ3) is 3.25. The van der Waals surface area contributed by atoms with Gasteiger partial charge < -0.3 is 9.84 Å². The minimum Gasteiger partial charge on any atom is -0.504 e. The molecule has 0 aliphatic rings. The third-order valence-corrected chi connectivity index (χ3v) is 4.47. The Kier molecular flexibility index (Phi) is 4.64. The summed E-state index contributed by atoms with van der Waals surface area (Å²) in [7, 11) is 1.45. The number of phenols is 1. The van der Waals surface area contributed by atoms with Gasteiger partial charge in [-0.3, -0.25) is 9.20 Å². The molecule has 5 heteroatoms. The maximum absolute atomic E-state index is 12.6. The summed E-state index contributed by atoms with van der Waals surface area (Å²) >= 11 is 0. The molecule has 4 rings (SSSR count). The number of phenolic OH excluding ortho intramolecular Hbond substituents is 1. The summed E-state index contributed by atoms with van der Waals surface area (Å²) in [5.74, 6) is 0.0680. The maximum Gasteiger partial charge on any atom is 0.186 e. The SMILES string of the molecule is COc1cc(C(=O)C=Cc2c(-c3ccccc3)nc3ccccn23)ccc1O. The lowest BCUT2D eigenvalue weighted by Gasteiger charge is -2.04. The number of hydrogen-bond acceptors (Lipinski definition) is 4. The van der Waals surface area contributed by atoms with Gasteiger partial charge in [-0.15, -0.1) is 0 Å². The van der Waals surface area contributed by atoms with Crippen LogP contribution in [-0.2, 0) is 0 Å². The van der Waals surface area contributed by atoms with Crippen molar-refractivity contribution in [1.29, 1.82) is 0 Å². The number of fused-ring (bicyclic) bond motifs is 1. The van der Waals surface area contributed by atoms with Crippen molar-refractivity contribution < 1.29 is 14.6 Å². The van der Waals surface area contributed by atoms with Gasteiger partial charge in [0.05, 0.1) is 18.5 Å². The summed E-state index contributed by atoms with van der Waals surface area (Å²) in [6.45, 7) is 0. The largest absolute Gasteiger partial charge is 0.504 e. The maximum atomic E-state index is 12.6. The Balaban J connectivity index is 1.76. The summed E-state index contributed by atoms with van der Waals surface area (Å²) in [4.78, 5) is 17.4. The van der Waals surface area contributed by atoms with Gasteiger partial charge in [-0.2, -0.15) is 0 Å². The molecule has 0 saturated carbocycles. The van der Waals surface area contributed by atoms with Crippen molar-refractivity contribution in [1.82, 2.24) is 9.38 Å². The monoisotopic (exact) mass is 370 g/mol. The predicted octanol–water partition coefficient (Wildman–Crippen LogP) is 4.61. The van der Waals surface area contributed by atoms with Gasteiger partial charge in [-0.05, 0) is 42.5 Å². The van der Waals surface area contributed by atoms with Crippen LogP contribution in [0.5, 0.6) is 11.5 Å². The molecule has 1 N–H and O–H groups in total. The number of imidazole rings is 1. The topological polar surface area (TPSA) is 63.8 Å². The van der Waals surface area contributed by atoms with Crippen LogP contribution in [0, 0.1) is 0 Å². The fourth-order valence-electron chi connectivity index (χ4n) is 3.06. The Morgan fingerprint density at radius 3 is 2.64 bits per heavy atom. The lowest BCUT2D eigenvalue weighted by molar-refractivity contribution is 0.104. The standard InChI is InChI=1S/C23H18N2O3/c1-28-21-15-17(10-12-20(21)27)19(26)13-11-18-23(16-7-3-2-4-8-16)24-22-9-5-6-14-25(18)22/h2-15,27H,1H3. The zero-order valence-corrected chi connectivity index (χ0v) is 15.2. The van der Waals surface area contributed by atoms with Crippen LogP contribution in [-0.4, -0.2) is 27.4 Å². The molecule has 0 unspecified atom stereocenters. The first kappa shape index (κ1) is 17.5. The summed E-state index contributed by atoms with van der Waals surface area (Å²) < 4.78 is 7.03. The minimum atomic E-state index is -0.191. The number of carbonyl (C=O) groups is 1. The average molecular weight is 370 g/mol. The number of carbonyl (C=O) groups excluding carboxylic acids is 1.